The quantitative estimate of drug-likeness (QED) is 0.581. The number of aromatic nitrogens is 1. The summed E-state index contributed by atoms with van der Waals surface area (Å²) in [6.07, 6.45) is -2.15. The zero-order chi connectivity index (χ0) is 22.1. The highest BCUT2D eigenvalue weighted by Crippen LogP contribution is 2.35. The van der Waals surface area contributed by atoms with Gasteiger partial charge in [0, 0.05) is 41.1 Å². The molecule has 0 radical (unpaired) electrons. The number of likely N-dealkylation sites (N-methyl/N-ethyl adjacent to an activating group) is 1. The fourth-order valence-electron chi connectivity index (χ4n) is 3.51. The molecule has 1 aromatic heterocycles. The van der Waals surface area contributed by atoms with Crippen LogP contribution in [0.1, 0.15) is 33.6 Å². The van der Waals surface area contributed by atoms with Crippen LogP contribution in [0.4, 0.5) is 18.9 Å². The number of amides is 1. The first-order chi connectivity index (χ1) is 14.0. The zero-order valence-corrected chi connectivity index (χ0v) is 19.2. The van der Waals surface area contributed by atoms with Gasteiger partial charge in [-0.05, 0) is 73.8 Å². The van der Waals surface area contributed by atoms with Gasteiger partial charge in [-0.2, -0.15) is 13.2 Å². The second-order valence-electron chi connectivity index (χ2n) is 7.76. The van der Waals surface area contributed by atoms with E-state index < -0.39 is 17.6 Å². The number of halogens is 4. The third-order valence-electron chi connectivity index (χ3n) is 5.33. The van der Waals surface area contributed by atoms with E-state index in [1.165, 1.54) is 18.3 Å². The Morgan fingerprint density at radius 2 is 2.07 bits per heavy atom. The van der Waals surface area contributed by atoms with E-state index in [4.69, 9.17) is 0 Å². The number of carbonyl (C=O) groups is 1. The minimum Gasteiger partial charge on any atom is -0.322 e. The van der Waals surface area contributed by atoms with E-state index >= 15 is 0 Å². The van der Waals surface area contributed by atoms with Crippen molar-refractivity contribution in [3.05, 3.63) is 56.4 Å². The Morgan fingerprint density at radius 1 is 1.33 bits per heavy atom. The summed E-state index contributed by atoms with van der Waals surface area (Å²) in [5.41, 5.74) is 0.694. The maximum absolute atomic E-state index is 13.7. The molecule has 0 bridgehead atoms. The normalized spacial score (nSPS) is 17.5. The van der Waals surface area contributed by atoms with Gasteiger partial charge in [0.1, 0.15) is 0 Å². The third kappa shape index (κ3) is 5.50. The van der Waals surface area contributed by atoms with Crippen LogP contribution in [0.2, 0.25) is 0 Å². The van der Waals surface area contributed by atoms with E-state index in [1.807, 2.05) is 25.9 Å². The topological polar surface area (TPSA) is 48.5 Å². The van der Waals surface area contributed by atoms with Gasteiger partial charge in [-0.1, -0.05) is 6.07 Å². The van der Waals surface area contributed by atoms with E-state index in [0.717, 1.165) is 34.8 Å². The Bertz CT molecular complexity index is 933. The van der Waals surface area contributed by atoms with Crippen LogP contribution >= 0.6 is 22.6 Å². The predicted octanol–water partition coefficient (Wildman–Crippen LogP) is 4.40. The molecule has 1 fully saturated rings. The molecule has 1 amide bonds. The molecule has 1 unspecified atom stereocenters. The second-order valence-corrected chi connectivity index (χ2v) is 8.92. The highest BCUT2D eigenvalue weighted by atomic mass is 127. The first-order valence-corrected chi connectivity index (χ1v) is 10.6. The third-order valence-corrected chi connectivity index (χ3v) is 6.42. The molecule has 2 aromatic rings. The Morgan fingerprint density at radius 3 is 2.67 bits per heavy atom. The van der Waals surface area contributed by atoms with Gasteiger partial charge in [0.25, 0.3) is 5.91 Å². The maximum atomic E-state index is 13.7. The molecule has 1 saturated heterocycles. The van der Waals surface area contributed by atoms with Crippen LogP contribution in [-0.2, 0) is 12.7 Å². The number of carbonyl (C=O) groups excluding carboxylic acids is 1. The number of likely N-dealkylation sites (tertiary alicyclic amines) is 1. The summed E-state index contributed by atoms with van der Waals surface area (Å²) in [7, 11) is 3.97. The summed E-state index contributed by atoms with van der Waals surface area (Å²) in [6, 6.07) is 6.00. The lowest BCUT2D eigenvalue weighted by atomic mass is 10.0. The lowest BCUT2D eigenvalue weighted by Gasteiger charge is -2.22. The molecular formula is C21H24F3IN4O. The van der Waals surface area contributed by atoms with Gasteiger partial charge in [0.05, 0.1) is 16.8 Å². The average Bonchev–Trinajstić information content (AvgIpc) is 3.13. The van der Waals surface area contributed by atoms with Crippen molar-refractivity contribution < 1.29 is 18.0 Å². The molecule has 0 saturated carbocycles. The van der Waals surface area contributed by atoms with Gasteiger partial charge in [-0.3, -0.25) is 14.7 Å². The van der Waals surface area contributed by atoms with Crippen LogP contribution in [0.25, 0.3) is 0 Å². The standard InChI is InChI=1S/C21H24F3IN4O/c1-13-19(25)8-15(10-26-13)20(30)27-16-5-4-14(18(9-16)21(22,23)24)11-29-7-6-17(12-29)28(2)3/h4-5,8-10,17H,6-7,11-12H2,1-3H3,(H,27,30). The van der Waals surface area contributed by atoms with Gasteiger partial charge >= 0.3 is 6.18 Å². The smallest absolute Gasteiger partial charge is 0.322 e. The first kappa shape index (κ1) is 23.0. The summed E-state index contributed by atoms with van der Waals surface area (Å²) < 4.78 is 42.0. The molecular weight excluding hydrogens is 508 g/mol. The van der Waals surface area contributed by atoms with Gasteiger partial charge in [-0.25, -0.2) is 0 Å². The van der Waals surface area contributed by atoms with Gasteiger partial charge < -0.3 is 10.2 Å². The number of hydrogen-bond acceptors (Lipinski definition) is 4. The number of alkyl halides is 3. The molecule has 9 heteroatoms. The molecule has 1 atom stereocenters. The summed E-state index contributed by atoms with van der Waals surface area (Å²) >= 11 is 2.06. The highest BCUT2D eigenvalue weighted by Gasteiger charge is 2.35. The molecule has 5 nitrogen and oxygen atoms in total. The number of hydrogen-bond donors (Lipinski definition) is 1. The molecule has 0 spiro atoms. The molecule has 1 aliphatic rings. The van der Waals surface area contributed by atoms with E-state index in [0.29, 0.717) is 11.6 Å². The maximum Gasteiger partial charge on any atom is 0.416 e. The number of anilines is 1. The molecule has 0 aliphatic carbocycles. The van der Waals surface area contributed by atoms with Crippen molar-refractivity contribution in [2.24, 2.45) is 0 Å². The zero-order valence-electron chi connectivity index (χ0n) is 17.1. The molecule has 3 rings (SSSR count). The molecule has 1 aromatic carbocycles. The predicted molar refractivity (Wildman–Crippen MR) is 118 cm³/mol. The summed E-state index contributed by atoms with van der Waals surface area (Å²) in [6.45, 7) is 3.55. The van der Waals surface area contributed by atoms with Crippen molar-refractivity contribution in [2.75, 3.05) is 32.5 Å². The van der Waals surface area contributed by atoms with Crippen molar-refractivity contribution in [3.8, 4) is 0 Å². The Balaban J connectivity index is 1.79. The van der Waals surface area contributed by atoms with Crippen LogP contribution in [0.5, 0.6) is 0 Å². The van der Waals surface area contributed by atoms with E-state index in [-0.39, 0.29) is 17.8 Å². The van der Waals surface area contributed by atoms with Crippen molar-refractivity contribution in [1.29, 1.82) is 0 Å². The van der Waals surface area contributed by atoms with Gasteiger partial charge in [0.15, 0.2) is 0 Å². The van der Waals surface area contributed by atoms with Crippen LogP contribution in [0, 0.1) is 10.5 Å². The number of pyridine rings is 1. The number of benzene rings is 1. The van der Waals surface area contributed by atoms with Crippen LogP contribution in [0.15, 0.2) is 30.5 Å². The molecule has 162 valence electrons. The van der Waals surface area contributed by atoms with E-state index in [1.54, 1.807) is 6.07 Å². The summed E-state index contributed by atoms with van der Waals surface area (Å²) in [5, 5.41) is 2.56. The molecule has 30 heavy (non-hydrogen) atoms. The average molecular weight is 532 g/mol. The Kier molecular flexibility index (Phi) is 7.03. The molecule has 1 N–H and O–H groups in total. The van der Waals surface area contributed by atoms with E-state index in [9.17, 15) is 18.0 Å². The highest BCUT2D eigenvalue weighted by molar-refractivity contribution is 14.1. The van der Waals surface area contributed by atoms with Crippen LogP contribution in [-0.4, -0.2) is 53.9 Å². The minimum atomic E-state index is -4.50. The van der Waals surface area contributed by atoms with E-state index in [2.05, 4.69) is 37.8 Å². The van der Waals surface area contributed by atoms with Gasteiger partial charge in [-0.15, -0.1) is 0 Å². The first-order valence-electron chi connectivity index (χ1n) is 9.57. The number of aryl methyl sites for hydroxylation is 1. The lowest BCUT2D eigenvalue weighted by molar-refractivity contribution is -0.138. The number of rotatable bonds is 5. The Hall–Kier alpha value is -1.72. The van der Waals surface area contributed by atoms with Crippen molar-refractivity contribution in [2.45, 2.75) is 32.1 Å². The number of nitrogens with zero attached hydrogens (tertiary/aromatic N) is 3. The molecule has 2 heterocycles. The monoisotopic (exact) mass is 532 g/mol. The lowest BCUT2D eigenvalue weighted by Crippen LogP contribution is -2.31. The Labute approximate surface area is 187 Å². The number of nitrogens with one attached hydrogen (secondary N) is 1. The fourth-order valence-corrected chi connectivity index (χ4v) is 3.98. The second kappa shape index (κ2) is 9.19. The van der Waals surface area contributed by atoms with Crippen molar-refractivity contribution in [3.63, 3.8) is 0 Å². The van der Waals surface area contributed by atoms with Crippen molar-refractivity contribution >= 4 is 34.2 Å². The minimum absolute atomic E-state index is 0.110. The SMILES string of the molecule is Cc1ncc(C(=O)Nc2ccc(CN3CCC(N(C)C)C3)c(C(F)(F)F)c2)cc1I. The van der Waals surface area contributed by atoms with Crippen LogP contribution in [0.3, 0.4) is 0 Å². The molecule has 1 aliphatic heterocycles. The summed E-state index contributed by atoms with van der Waals surface area (Å²) in [4.78, 5) is 20.7. The van der Waals surface area contributed by atoms with Crippen LogP contribution < -0.4 is 5.32 Å². The fraction of sp³-hybridized carbons (Fsp3) is 0.429. The van der Waals surface area contributed by atoms with Crippen molar-refractivity contribution in [1.82, 2.24) is 14.8 Å². The largest absolute Gasteiger partial charge is 0.416 e. The van der Waals surface area contributed by atoms with Gasteiger partial charge in [0.2, 0.25) is 0 Å². The summed E-state index contributed by atoms with van der Waals surface area (Å²) in [5.74, 6) is -0.491.